The molecule has 0 bridgehead atoms. The molecule has 0 unspecified atom stereocenters. The molecule has 1 saturated heterocycles. The minimum atomic E-state index is -3.04. The lowest BCUT2D eigenvalue weighted by Gasteiger charge is -2.34. The van der Waals surface area contributed by atoms with Crippen LogP contribution in [0.4, 0.5) is 0 Å². The van der Waals surface area contributed by atoms with E-state index in [9.17, 15) is 13.2 Å². The van der Waals surface area contributed by atoms with E-state index in [4.69, 9.17) is 0 Å². The van der Waals surface area contributed by atoms with Crippen LogP contribution in [0.15, 0.2) is 29.4 Å². The molecule has 1 aliphatic carbocycles. The minimum Gasteiger partial charge on any atom is -0.335 e. The summed E-state index contributed by atoms with van der Waals surface area (Å²) in [5, 5.41) is 9.37. The van der Waals surface area contributed by atoms with Gasteiger partial charge >= 0.3 is 0 Å². The number of aromatic nitrogens is 3. The van der Waals surface area contributed by atoms with Gasteiger partial charge in [-0.3, -0.25) is 4.79 Å². The number of sulfone groups is 1. The molecule has 2 aliphatic rings. The molecule has 2 fully saturated rings. The van der Waals surface area contributed by atoms with Crippen molar-refractivity contribution in [2.45, 2.75) is 75.5 Å². The Labute approximate surface area is 201 Å². The first-order valence-electron chi connectivity index (χ1n) is 11.7. The molecule has 0 radical (unpaired) electrons. The average molecular weight is 491 g/mol. The molecule has 33 heavy (non-hydrogen) atoms. The summed E-state index contributed by atoms with van der Waals surface area (Å²) in [6.07, 6.45) is 4.68. The van der Waals surface area contributed by atoms with Crippen LogP contribution in [-0.4, -0.2) is 63.3 Å². The Balaban J connectivity index is 1.46. The molecule has 1 amide bonds. The van der Waals surface area contributed by atoms with E-state index in [0.29, 0.717) is 11.6 Å². The van der Waals surface area contributed by atoms with Crippen LogP contribution in [0.5, 0.6) is 0 Å². The zero-order valence-electron chi connectivity index (χ0n) is 20.0. The highest BCUT2D eigenvalue weighted by atomic mass is 32.2. The van der Waals surface area contributed by atoms with Gasteiger partial charge in [-0.25, -0.2) is 8.42 Å². The van der Waals surface area contributed by atoms with Gasteiger partial charge in [-0.05, 0) is 30.2 Å². The molecule has 7 nitrogen and oxygen atoms in total. The molecule has 180 valence electrons. The number of rotatable bonds is 6. The second-order valence-corrected chi connectivity index (χ2v) is 13.4. The summed E-state index contributed by atoms with van der Waals surface area (Å²) in [5.74, 6) is 1.29. The van der Waals surface area contributed by atoms with Crippen molar-refractivity contribution in [3.05, 3.63) is 29.8 Å². The van der Waals surface area contributed by atoms with Crippen LogP contribution in [0, 0.1) is 0 Å². The number of amides is 1. The van der Waals surface area contributed by atoms with E-state index in [1.54, 1.807) is 0 Å². The first-order chi connectivity index (χ1) is 15.5. The van der Waals surface area contributed by atoms with Crippen LogP contribution in [0.1, 0.15) is 58.4 Å². The Morgan fingerprint density at radius 3 is 2.33 bits per heavy atom. The van der Waals surface area contributed by atoms with Gasteiger partial charge in [-0.1, -0.05) is 69.6 Å². The lowest BCUT2D eigenvalue weighted by Crippen LogP contribution is -2.47. The van der Waals surface area contributed by atoms with Gasteiger partial charge in [0, 0.05) is 24.7 Å². The molecule has 1 aliphatic heterocycles. The minimum absolute atomic E-state index is 0.00748. The maximum atomic E-state index is 13.3. The maximum absolute atomic E-state index is 13.3. The normalized spacial score (nSPS) is 20.9. The Morgan fingerprint density at radius 2 is 1.76 bits per heavy atom. The van der Waals surface area contributed by atoms with E-state index in [1.165, 1.54) is 17.3 Å². The molecule has 2 heterocycles. The predicted octanol–water partition coefficient (Wildman–Crippen LogP) is 3.83. The van der Waals surface area contributed by atoms with E-state index in [-0.39, 0.29) is 40.7 Å². The Morgan fingerprint density at radius 1 is 1.09 bits per heavy atom. The molecular formula is C24H34N4O3S2. The quantitative estimate of drug-likeness (QED) is 0.572. The van der Waals surface area contributed by atoms with Crippen LogP contribution in [0.2, 0.25) is 0 Å². The second-order valence-electron chi connectivity index (χ2n) is 10.3. The predicted molar refractivity (Wildman–Crippen MR) is 132 cm³/mol. The third-order valence-corrected chi connectivity index (χ3v) is 9.53. The standard InChI is InChI=1S/C24H34N4O3S2/c1-24(2,3)18-11-9-17(10-12-18)22-25-26-23(27(22)4)32-15-21(29)28(19-7-5-6-8-19)20-13-14-33(30,31)16-20/h9-12,19-20H,5-8,13-16H2,1-4H3/t20-/m1/s1. The molecule has 1 aromatic heterocycles. The van der Waals surface area contributed by atoms with Gasteiger partial charge in [0.1, 0.15) is 0 Å². The van der Waals surface area contributed by atoms with E-state index in [0.717, 1.165) is 37.1 Å². The van der Waals surface area contributed by atoms with Crippen LogP contribution in [0.25, 0.3) is 11.4 Å². The van der Waals surface area contributed by atoms with Crippen LogP contribution in [-0.2, 0) is 27.1 Å². The Bertz CT molecular complexity index is 1100. The van der Waals surface area contributed by atoms with Crippen LogP contribution < -0.4 is 0 Å². The highest BCUT2D eigenvalue weighted by Crippen LogP contribution is 2.31. The van der Waals surface area contributed by atoms with Crippen molar-refractivity contribution < 1.29 is 13.2 Å². The van der Waals surface area contributed by atoms with Crippen molar-refractivity contribution in [1.29, 1.82) is 0 Å². The van der Waals surface area contributed by atoms with Gasteiger partial charge in [-0.15, -0.1) is 10.2 Å². The number of hydrogen-bond donors (Lipinski definition) is 0. The van der Waals surface area contributed by atoms with Gasteiger partial charge in [-0.2, -0.15) is 0 Å². The zero-order valence-corrected chi connectivity index (χ0v) is 21.6. The summed E-state index contributed by atoms with van der Waals surface area (Å²) >= 11 is 1.37. The molecule has 1 aromatic carbocycles. The van der Waals surface area contributed by atoms with E-state index in [2.05, 4.69) is 55.2 Å². The van der Waals surface area contributed by atoms with E-state index in [1.807, 2.05) is 16.5 Å². The lowest BCUT2D eigenvalue weighted by molar-refractivity contribution is -0.132. The van der Waals surface area contributed by atoms with Gasteiger partial charge in [0.15, 0.2) is 20.8 Å². The monoisotopic (exact) mass is 490 g/mol. The fraction of sp³-hybridized carbons (Fsp3) is 0.625. The molecular weight excluding hydrogens is 456 g/mol. The maximum Gasteiger partial charge on any atom is 0.233 e. The summed E-state index contributed by atoms with van der Waals surface area (Å²) in [6.45, 7) is 6.56. The number of thioether (sulfide) groups is 1. The smallest absolute Gasteiger partial charge is 0.233 e. The topological polar surface area (TPSA) is 85.2 Å². The van der Waals surface area contributed by atoms with Crippen molar-refractivity contribution in [2.75, 3.05) is 17.3 Å². The summed E-state index contributed by atoms with van der Waals surface area (Å²) in [6, 6.07) is 8.33. The first kappa shape index (κ1) is 24.3. The summed E-state index contributed by atoms with van der Waals surface area (Å²) in [7, 11) is -1.13. The number of carbonyl (C=O) groups excluding carboxylic acids is 1. The van der Waals surface area contributed by atoms with Gasteiger partial charge in [0.2, 0.25) is 5.91 Å². The molecule has 2 aromatic rings. The fourth-order valence-corrected chi connectivity index (χ4v) is 7.39. The van der Waals surface area contributed by atoms with Gasteiger partial charge < -0.3 is 9.47 Å². The molecule has 9 heteroatoms. The lowest BCUT2D eigenvalue weighted by atomic mass is 9.87. The SMILES string of the molecule is Cn1c(SCC(=O)N(C2CCCC2)[C@@H]2CCS(=O)(=O)C2)nnc1-c1ccc(C(C)(C)C)cc1. The first-order valence-corrected chi connectivity index (χ1v) is 14.5. The number of hydrogen-bond acceptors (Lipinski definition) is 6. The third kappa shape index (κ3) is 5.45. The van der Waals surface area contributed by atoms with Crippen molar-refractivity contribution in [3.8, 4) is 11.4 Å². The molecule has 4 rings (SSSR count). The number of nitrogens with zero attached hydrogens (tertiary/aromatic N) is 4. The zero-order chi connectivity index (χ0) is 23.8. The van der Waals surface area contributed by atoms with Gasteiger partial charge in [0.25, 0.3) is 0 Å². The van der Waals surface area contributed by atoms with E-state index < -0.39 is 9.84 Å². The Hall–Kier alpha value is -1.87. The fourth-order valence-electron chi connectivity index (χ4n) is 4.89. The van der Waals surface area contributed by atoms with Crippen molar-refractivity contribution in [2.24, 2.45) is 7.05 Å². The third-order valence-electron chi connectivity index (χ3n) is 6.78. The highest BCUT2D eigenvalue weighted by molar-refractivity contribution is 7.99. The summed E-state index contributed by atoms with van der Waals surface area (Å²) in [4.78, 5) is 15.2. The molecule has 1 saturated carbocycles. The largest absolute Gasteiger partial charge is 0.335 e. The van der Waals surface area contributed by atoms with E-state index >= 15 is 0 Å². The van der Waals surface area contributed by atoms with Crippen molar-refractivity contribution in [3.63, 3.8) is 0 Å². The highest BCUT2D eigenvalue weighted by Gasteiger charge is 2.39. The van der Waals surface area contributed by atoms with Crippen molar-refractivity contribution in [1.82, 2.24) is 19.7 Å². The second kappa shape index (κ2) is 9.41. The number of carbonyl (C=O) groups is 1. The van der Waals surface area contributed by atoms with Crippen LogP contribution in [0.3, 0.4) is 0 Å². The van der Waals surface area contributed by atoms with Crippen LogP contribution >= 0.6 is 11.8 Å². The summed E-state index contributed by atoms with van der Waals surface area (Å²) in [5.41, 5.74) is 2.33. The van der Waals surface area contributed by atoms with Crippen molar-refractivity contribution >= 4 is 27.5 Å². The average Bonchev–Trinajstić information content (AvgIpc) is 3.48. The molecule has 0 spiro atoms. The Kier molecular flexibility index (Phi) is 6.92. The van der Waals surface area contributed by atoms with Gasteiger partial charge in [0.05, 0.1) is 17.3 Å². The molecule has 1 atom stereocenters. The molecule has 0 N–H and O–H groups in total. The summed E-state index contributed by atoms with van der Waals surface area (Å²) < 4.78 is 26.0. The number of benzene rings is 1.